The molecule has 0 amide bonds. The summed E-state index contributed by atoms with van der Waals surface area (Å²) in [5.74, 6) is -0.108. The zero-order valence-corrected chi connectivity index (χ0v) is 12.7. The van der Waals surface area contributed by atoms with Gasteiger partial charge in [0.15, 0.2) is 0 Å². The molecule has 1 unspecified atom stereocenters. The molecule has 2 N–H and O–H groups in total. The third-order valence-corrected chi connectivity index (χ3v) is 4.65. The second-order valence-corrected chi connectivity index (χ2v) is 6.59. The van der Waals surface area contributed by atoms with Gasteiger partial charge in [0.2, 0.25) is 0 Å². The fraction of sp³-hybridized carbons (Fsp3) is 0.143. The first-order chi connectivity index (χ1) is 8.97. The molecule has 0 spiro atoms. The summed E-state index contributed by atoms with van der Waals surface area (Å²) < 4.78 is 26.2. The average Bonchev–Trinajstić information content (AvgIpc) is 2.31. The summed E-state index contributed by atoms with van der Waals surface area (Å²) in [7, 11) is -1.29. The standard InChI is InChI=1S/C14H13BrFNOS/c1-9-3-2-4-13(14(9)17)19(18)8-10-5-11(15)7-12(16)6-10/h2-7H,8,17H2,1H3. The largest absolute Gasteiger partial charge is 0.398 e. The van der Waals surface area contributed by atoms with E-state index in [1.165, 1.54) is 12.1 Å². The molecular weight excluding hydrogens is 329 g/mol. The third kappa shape index (κ3) is 3.42. The first-order valence-electron chi connectivity index (χ1n) is 5.66. The van der Waals surface area contributed by atoms with Crippen molar-refractivity contribution in [2.45, 2.75) is 17.6 Å². The van der Waals surface area contributed by atoms with Crippen molar-refractivity contribution >= 4 is 32.4 Å². The SMILES string of the molecule is Cc1cccc(S(=O)Cc2cc(F)cc(Br)c2)c1N. The molecule has 19 heavy (non-hydrogen) atoms. The van der Waals surface area contributed by atoms with Crippen LogP contribution < -0.4 is 5.73 Å². The van der Waals surface area contributed by atoms with E-state index in [1.54, 1.807) is 12.1 Å². The topological polar surface area (TPSA) is 43.1 Å². The van der Waals surface area contributed by atoms with E-state index < -0.39 is 10.8 Å². The summed E-state index contributed by atoms with van der Waals surface area (Å²) in [6.45, 7) is 1.87. The number of halogens is 2. The van der Waals surface area contributed by atoms with E-state index in [0.29, 0.717) is 20.6 Å². The van der Waals surface area contributed by atoms with Gasteiger partial charge < -0.3 is 5.73 Å². The summed E-state index contributed by atoms with van der Waals surface area (Å²) in [5, 5.41) is 0. The molecule has 0 fully saturated rings. The maximum atomic E-state index is 13.3. The molecule has 5 heteroatoms. The van der Waals surface area contributed by atoms with E-state index in [2.05, 4.69) is 15.9 Å². The van der Waals surface area contributed by atoms with E-state index in [1.807, 2.05) is 19.1 Å². The number of nitrogen functional groups attached to an aromatic ring is 1. The van der Waals surface area contributed by atoms with Crippen LogP contribution in [0.1, 0.15) is 11.1 Å². The maximum absolute atomic E-state index is 13.3. The highest BCUT2D eigenvalue weighted by Crippen LogP contribution is 2.23. The van der Waals surface area contributed by atoms with Crippen molar-refractivity contribution in [3.63, 3.8) is 0 Å². The zero-order chi connectivity index (χ0) is 14.0. The molecule has 2 nitrogen and oxygen atoms in total. The van der Waals surface area contributed by atoms with Gasteiger partial charge >= 0.3 is 0 Å². The molecule has 0 saturated carbocycles. The molecule has 0 heterocycles. The van der Waals surface area contributed by atoms with E-state index in [-0.39, 0.29) is 11.6 Å². The van der Waals surface area contributed by atoms with Gasteiger partial charge in [0.1, 0.15) is 5.82 Å². The molecule has 0 aliphatic carbocycles. The monoisotopic (exact) mass is 341 g/mol. The fourth-order valence-electron chi connectivity index (χ4n) is 1.78. The van der Waals surface area contributed by atoms with Crippen molar-refractivity contribution in [2.75, 3.05) is 5.73 Å². The second-order valence-electron chi connectivity index (χ2n) is 4.25. The number of anilines is 1. The van der Waals surface area contributed by atoms with Gasteiger partial charge in [-0.15, -0.1) is 0 Å². The van der Waals surface area contributed by atoms with E-state index >= 15 is 0 Å². The van der Waals surface area contributed by atoms with Crippen LogP contribution in [0.3, 0.4) is 0 Å². The summed E-state index contributed by atoms with van der Waals surface area (Å²) in [6.07, 6.45) is 0. The first-order valence-corrected chi connectivity index (χ1v) is 7.77. The Hall–Kier alpha value is -1.20. The van der Waals surface area contributed by atoms with Gasteiger partial charge in [-0.05, 0) is 42.3 Å². The number of nitrogens with two attached hydrogens (primary N) is 1. The third-order valence-electron chi connectivity index (χ3n) is 2.75. The van der Waals surface area contributed by atoms with Gasteiger partial charge in [0.05, 0.1) is 27.1 Å². The molecule has 0 aliphatic heterocycles. The van der Waals surface area contributed by atoms with E-state index in [9.17, 15) is 8.60 Å². The lowest BCUT2D eigenvalue weighted by Gasteiger charge is -2.08. The van der Waals surface area contributed by atoms with Gasteiger partial charge in [0.25, 0.3) is 0 Å². The minimum Gasteiger partial charge on any atom is -0.398 e. The predicted octanol–water partition coefficient (Wildman–Crippen LogP) is 3.79. The molecule has 0 radical (unpaired) electrons. The number of benzene rings is 2. The molecular formula is C14H13BrFNOS. The Kier molecular flexibility index (Phi) is 4.37. The van der Waals surface area contributed by atoms with Gasteiger partial charge in [-0.1, -0.05) is 28.1 Å². The molecule has 2 aromatic carbocycles. The van der Waals surface area contributed by atoms with Crippen molar-refractivity contribution in [1.29, 1.82) is 0 Å². The van der Waals surface area contributed by atoms with Gasteiger partial charge in [-0.25, -0.2) is 4.39 Å². The van der Waals surface area contributed by atoms with E-state index in [0.717, 1.165) is 5.56 Å². The van der Waals surface area contributed by atoms with Crippen molar-refractivity contribution in [3.8, 4) is 0 Å². The zero-order valence-electron chi connectivity index (χ0n) is 10.3. The van der Waals surface area contributed by atoms with Crippen LogP contribution in [0, 0.1) is 12.7 Å². The molecule has 0 saturated heterocycles. The lowest BCUT2D eigenvalue weighted by Crippen LogP contribution is -2.02. The van der Waals surface area contributed by atoms with Crippen LogP contribution in [-0.4, -0.2) is 4.21 Å². The highest BCUT2D eigenvalue weighted by atomic mass is 79.9. The Morgan fingerprint density at radius 1 is 1.32 bits per heavy atom. The van der Waals surface area contributed by atoms with Crippen LogP contribution in [0.4, 0.5) is 10.1 Å². The van der Waals surface area contributed by atoms with Gasteiger partial charge in [0, 0.05) is 4.47 Å². The minimum absolute atomic E-state index is 0.240. The molecule has 0 aliphatic rings. The first kappa shape index (κ1) is 14.2. The molecule has 2 rings (SSSR count). The summed E-state index contributed by atoms with van der Waals surface area (Å²) >= 11 is 3.22. The highest BCUT2D eigenvalue weighted by molar-refractivity contribution is 9.10. The fourth-order valence-corrected chi connectivity index (χ4v) is 3.55. The summed E-state index contributed by atoms with van der Waals surface area (Å²) in [5.41, 5.74) is 8.03. The molecule has 0 aromatic heterocycles. The Balaban J connectivity index is 2.28. The number of para-hydroxylation sites is 1. The van der Waals surface area contributed by atoms with Crippen LogP contribution in [0.5, 0.6) is 0 Å². The lowest BCUT2D eigenvalue weighted by molar-refractivity contribution is 0.625. The van der Waals surface area contributed by atoms with Gasteiger partial charge in [-0.3, -0.25) is 4.21 Å². The Labute approximate surface area is 122 Å². The normalized spacial score (nSPS) is 12.4. The number of hydrogen-bond acceptors (Lipinski definition) is 2. The Morgan fingerprint density at radius 3 is 2.74 bits per heavy atom. The maximum Gasteiger partial charge on any atom is 0.124 e. The Bertz CT molecular complexity index is 625. The van der Waals surface area contributed by atoms with Crippen LogP contribution in [0.25, 0.3) is 0 Å². The van der Waals surface area contributed by atoms with Crippen molar-refractivity contribution in [2.24, 2.45) is 0 Å². The Morgan fingerprint density at radius 2 is 2.05 bits per heavy atom. The predicted molar refractivity (Wildman–Crippen MR) is 79.8 cm³/mol. The number of rotatable bonds is 3. The molecule has 2 aromatic rings. The number of aryl methyl sites for hydroxylation is 1. The molecule has 1 atom stereocenters. The van der Waals surface area contributed by atoms with Crippen LogP contribution in [0.15, 0.2) is 45.8 Å². The van der Waals surface area contributed by atoms with Crippen molar-refractivity contribution in [1.82, 2.24) is 0 Å². The number of hydrogen-bond donors (Lipinski definition) is 1. The lowest BCUT2D eigenvalue weighted by atomic mass is 10.2. The summed E-state index contributed by atoms with van der Waals surface area (Å²) in [4.78, 5) is 0.598. The van der Waals surface area contributed by atoms with Gasteiger partial charge in [-0.2, -0.15) is 0 Å². The molecule has 0 bridgehead atoms. The smallest absolute Gasteiger partial charge is 0.124 e. The quantitative estimate of drug-likeness (QED) is 0.863. The second kappa shape index (κ2) is 5.84. The van der Waals surface area contributed by atoms with Crippen molar-refractivity contribution in [3.05, 3.63) is 57.8 Å². The molecule has 100 valence electrons. The highest BCUT2D eigenvalue weighted by Gasteiger charge is 2.11. The van der Waals surface area contributed by atoms with Crippen LogP contribution in [0.2, 0.25) is 0 Å². The average molecular weight is 342 g/mol. The summed E-state index contributed by atoms with van der Waals surface area (Å²) in [6, 6.07) is 9.94. The van der Waals surface area contributed by atoms with Crippen LogP contribution >= 0.6 is 15.9 Å². The van der Waals surface area contributed by atoms with E-state index in [4.69, 9.17) is 5.73 Å². The minimum atomic E-state index is -1.29. The van der Waals surface area contributed by atoms with Crippen LogP contribution in [-0.2, 0) is 16.6 Å². The van der Waals surface area contributed by atoms with Crippen molar-refractivity contribution < 1.29 is 8.60 Å².